The van der Waals surface area contributed by atoms with Crippen LogP contribution in [-0.2, 0) is 11.2 Å². The van der Waals surface area contributed by atoms with Gasteiger partial charge in [-0.25, -0.2) is 0 Å². The molecule has 1 aromatic rings. The van der Waals surface area contributed by atoms with Gasteiger partial charge in [0.25, 0.3) is 5.91 Å². The van der Waals surface area contributed by atoms with Gasteiger partial charge in [0, 0.05) is 19.0 Å². The number of benzene rings is 1. The number of carbonyl (C=O) groups excluding carboxylic acids is 1. The Morgan fingerprint density at radius 3 is 2.95 bits per heavy atom. The number of halogens is 1. The second-order valence-electron chi connectivity index (χ2n) is 5.50. The molecule has 0 aromatic heterocycles. The third kappa shape index (κ3) is 3.07. The number of nitrogens with one attached hydrogen (secondary N) is 2. The van der Waals surface area contributed by atoms with E-state index in [1.54, 1.807) is 0 Å². The lowest BCUT2D eigenvalue weighted by Crippen LogP contribution is -2.53. The van der Waals surface area contributed by atoms with Gasteiger partial charge in [-0.1, -0.05) is 25.1 Å². The summed E-state index contributed by atoms with van der Waals surface area (Å²) in [5, 5.41) is 6.44. The first-order valence-corrected chi connectivity index (χ1v) is 6.99. The van der Waals surface area contributed by atoms with Crippen molar-refractivity contribution in [3.05, 3.63) is 29.8 Å². The zero-order valence-electron chi connectivity index (χ0n) is 11.6. The summed E-state index contributed by atoms with van der Waals surface area (Å²) in [6.45, 7) is 4.08. The minimum atomic E-state index is -0.369. The molecule has 4 nitrogen and oxygen atoms in total. The Balaban J connectivity index is 0.00000147. The molecule has 0 spiro atoms. The molecule has 0 saturated carbocycles. The zero-order chi connectivity index (χ0) is 13.2. The SMILES string of the molecule is CC1CCNCC1NC(=O)C1Cc2ccccc2O1.Cl. The summed E-state index contributed by atoms with van der Waals surface area (Å²) in [7, 11) is 0. The van der Waals surface area contributed by atoms with Crippen LogP contribution in [0.2, 0.25) is 0 Å². The topological polar surface area (TPSA) is 50.4 Å². The molecule has 3 rings (SSSR count). The van der Waals surface area contributed by atoms with Crippen molar-refractivity contribution in [2.45, 2.75) is 31.9 Å². The molecule has 110 valence electrons. The van der Waals surface area contributed by atoms with Gasteiger partial charge in [0.15, 0.2) is 6.10 Å². The summed E-state index contributed by atoms with van der Waals surface area (Å²) < 4.78 is 5.71. The Hall–Kier alpha value is -1.26. The van der Waals surface area contributed by atoms with E-state index in [0.717, 1.165) is 30.8 Å². The standard InChI is InChI=1S/C15H20N2O2.ClH/c1-10-6-7-16-9-12(10)17-15(18)14-8-11-4-2-3-5-13(11)19-14;/h2-5,10,12,14,16H,6-9H2,1H3,(H,17,18);1H. The first kappa shape index (κ1) is 15.1. The molecule has 5 heteroatoms. The molecule has 1 saturated heterocycles. The lowest BCUT2D eigenvalue weighted by atomic mass is 9.94. The van der Waals surface area contributed by atoms with E-state index < -0.39 is 0 Å². The normalized spacial score (nSPS) is 27.9. The third-order valence-corrected chi connectivity index (χ3v) is 4.09. The number of amides is 1. The van der Waals surface area contributed by atoms with Gasteiger partial charge < -0.3 is 15.4 Å². The van der Waals surface area contributed by atoms with E-state index in [1.165, 1.54) is 0 Å². The molecule has 3 unspecified atom stereocenters. The first-order valence-electron chi connectivity index (χ1n) is 6.99. The molecule has 20 heavy (non-hydrogen) atoms. The summed E-state index contributed by atoms with van der Waals surface area (Å²) >= 11 is 0. The van der Waals surface area contributed by atoms with Crippen LogP contribution in [0, 0.1) is 5.92 Å². The number of para-hydroxylation sites is 1. The van der Waals surface area contributed by atoms with Crippen LogP contribution < -0.4 is 15.4 Å². The van der Waals surface area contributed by atoms with Gasteiger partial charge in [-0.3, -0.25) is 4.79 Å². The predicted molar refractivity (Wildman–Crippen MR) is 80.4 cm³/mol. The maximum atomic E-state index is 12.3. The van der Waals surface area contributed by atoms with Crippen molar-refractivity contribution in [3.8, 4) is 5.75 Å². The minimum Gasteiger partial charge on any atom is -0.480 e. The molecule has 0 aliphatic carbocycles. The number of piperidine rings is 1. The molecular formula is C15H21ClN2O2. The molecule has 1 aromatic carbocycles. The highest BCUT2D eigenvalue weighted by Gasteiger charge is 2.31. The Morgan fingerprint density at radius 2 is 2.20 bits per heavy atom. The van der Waals surface area contributed by atoms with Gasteiger partial charge >= 0.3 is 0 Å². The van der Waals surface area contributed by atoms with E-state index in [2.05, 4.69) is 17.6 Å². The average Bonchev–Trinajstić information content (AvgIpc) is 2.85. The summed E-state index contributed by atoms with van der Waals surface area (Å²) in [5.41, 5.74) is 1.12. The van der Waals surface area contributed by atoms with Crippen molar-refractivity contribution in [3.63, 3.8) is 0 Å². The number of hydrogen-bond donors (Lipinski definition) is 2. The van der Waals surface area contributed by atoms with Crippen LogP contribution in [0.4, 0.5) is 0 Å². The van der Waals surface area contributed by atoms with E-state index in [-0.39, 0.29) is 30.5 Å². The zero-order valence-corrected chi connectivity index (χ0v) is 12.4. The Kier molecular flexibility index (Phi) is 4.89. The summed E-state index contributed by atoms with van der Waals surface area (Å²) in [6, 6.07) is 8.08. The lowest BCUT2D eigenvalue weighted by Gasteiger charge is -2.30. The van der Waals surface area contributed by atoms with Crippen LogP contribution in [-0.4, -0.2) is 31.1 Å². The van der Waals surface area contributed by atoms with Crippen LogP contribution >= 0.6 is 12.4 Å². The molecule has 3 atom stereocenters. The first-order chi connectivity index (χ1) is 9.24. The highest BCUT2D eigenvalue weighted by Crippen LogP contribution is 2.28. The van der Waals surface area contributed by atoms with Gasteiger partial charge in [0.2, 0.25) is 0 Å². The van der Waals surface area contributed by atoms with Crippen LogP contribution in [0.1, 0.15) is 18.9 Å². The van der Waals surface area contributed by atoms with Gasteiger partial charge in [-0.2, -0.15) is 0 Å². The van der Waals surface area contributed by atoms with Crippen LogP contribution in [0.15, 0.2) is 24.3 Å². The second kappa shape index (κ2) is 6.46. The minimum absolute atomic E-state index is 0. The summed E-state index contributed by atoms with van der Waals surface area (Å²) in [4.78, 5) is 12.3. The van der Waals surface area contributed by atoms with Crippen molar-refractivity contribution in [2.24, 2.45) is 5.92 Å². The Bertz CT molecular complexity index is 456. The number of hydrogen-bond acceptors (Lipinski definition) is 3. The monoisotopic (exact) mass is 296 g/mol. The lowest BCUT2D eigenvalue weighted by molar-refractivity contribution is -0.128. The number of ether oxygens (including phenoxy) is 1. The van der Waals surface area contributed by atoms with Crippen molar-refractivity contribution < 1.29 is 9.53 Å². The second-order valence-corrected chi connectivity index (χ2v) is 5.50. The Labute approximate surface area is 125 Å². The van der Waals surface area contributed by atoms with Crippen LogP contribution in [0.5, 0.6) is 5.75 Å². The third-order valence-electron chi connectivity index (χ3n) is 4.09. The smallest absolute Gasteiger partial charge is 0.261 e. The van der Waals surface area contributed by atoms with Crippen LogP contribution in [0.3, 0.4) is 0 Å². The van der Waals surface area contributed by atoms with E-state index in [4.69, 9.17) is 4.74 Å². The fourth-order valence-corrected chi connectivity index (χ4v) is 2.79. The molecule has 1 fully saturated rings. The number of rotatable bonds is 2. The van der Waals surface area contributed by atoms with Crippen molar-refractivity contribution >= 4 is 18.3 Å². The molecule has 1 amide bonds. The van der Waals surface area contributed by atoms with Crippen LogP contribution in [0.25, 0.3) is 0 Å². The largest absolute Gasteiger partial charge is 0.480 e. The van der Waals surface area contributed by atoms with Crippen molar-refractivity contribution in [2.75, 3.05) is 13.1 Å². The fraction of sp³-hybridized carbons (Fsp3) is 0.533. The highest BCUT2D eigenvalue weighted by atomic mass is 35.5. The maximum Gasteiger partial charge on any atom is 0.261 e. The fourth-order valence-electron chi connectivity index (χ4n) is 2.79. The van der Waals surface area contributed by atoms with E-state index in [9.17, 15) is 4.79 Å². The molecular weight excluding hydrogens is 276 g/mol. The van der Waals surface area contributed by atoms with Gasteiger partial charge in [-0.05, 0) is 30.5 Å². The summed E-state index contributed by atoms with van der Waals surface area (Å²) in [5.74, 6) is 1.38. The molecule has 2 aliphatic heterocycles. The van der Waals surface area contributed by atoms with E-state index in [1.807, 2.05) is 24.3 Å². The molecule has 0 bridgehead atoms. The van der Waals surface area contributed by atoms with Crippen molar-refractivity contribution in [1.82, 2.24) is 10.6 Å². The van der Waals surface area contributed by atoms with E-state index in [0.29, 0.717) is 12.3 Å². The molecule has 2 aliphatic rings. The number of carbonyl (C=O) groups is 1. The number of fused-ring (bicyclic) bond motifs is 1. The predicted octanol–water partition coefficient (Wildman–Crippen LogP) is 1.53. The average molecular weight is 297 g/mol. The molecule has 2 heterocycles. The van der Waals surface area contributed by atoms with E-state index >= 15 is 0 Å². The molecule has 2 N–H and O–H groups in total. The van der Waals surface area contributed by atoms with Gasteiger partial charge in [0.05, 0.1) is 0 Å². The van der Waals surface area contributed by atoms with Crippen molar-refractivity contribution in [1.29, 1.82) is 0 Å². The quantitative estimate of drug-likeness (QED) is 0.870. The maximum absolute atomic E-state index is 12.3. The summed E-state index contributed by atoms with van der Waals surface area (Å²) in [6.07, 6.45) is 1.42. The Morgan fingerprint density at radius 1 is 1.40 bits per heavy atom. The highest BCUT2D eigenvalue weighted by molar-refractivity contribution is 5.85. The van der Waals surface area contributed by atoms with Gasteiger partial charge in [0.1, 0.15) is 5.75 Å². The molecule has 0 radical (unpaired) electrons. The van der Waals surface area contributed by atoms with Gasteiger partial charge in [-0.15, -0.1) is 12.4 Å².